The normalized spacial score (nSPS) is 12.7. The molecule has 308 valence electrons. The third-order valence-electron chi connectivity index (χ3n) is 8.97. The smallest absolute Gasteiger partial charge is 0.411 e. The third-order valence-corrected chi connectivity index (χ3v) is 8.97. The lowest BCUT2D eigenvalue weighted by Gasteiger charge is -2.24. The molecule has 13 heteroatoms. The van der Waals surface area contributed by atoms with Crippen LogP contribution in [0.4, 0.5) is 25.8 Å². The first-order valence-corrected chi connectivity index (χ1v) is 19.7. The van der Waals surface area contributed by atoms with E-state index in [0.29, 0.717) is 31.4 Å². The molecule has 0 heterocycles. The number of unbranched alkanes of at least 4 members (excludes halogenated alkanes) is 3. The van der Waals surface area contributed by atoms with Gasteiger partial charge >= 0.3 is 24.2 Å². The van der Waals surface area contributed by atoms with E-state index in [-0.39, 0.29) is 43.3 Å². The summed E-state index contributed by atoms with van der Waals surface area (Å²) in [6.45, 7) is 12.6. The van der Waals surface area contributed by atoms with Gasteiger partial charge in [0, 0.05) is 30.1 Å². The van der Waals surface area contributed by atoms with Gasteiger partial charge in [0.2, 0.25) is 5.91 Å². The fourth-order valence-corrected chi connectivity index (χ4v) is 6.38. The van der Waals surface area contributed by atoms with Crippen molar-refractivity contribution in [2.45, 2.75) is 123 Å². The maximum Gasteiger partial charge on any atom is 0.411 e. The van der Waals surface area contributed by atoms with Crippen molar-refractivity contribution in [3.05, 3.63) is 83.4 Å². The number of nitrogens with one attached hydrogen (secondary N) is 4. The Morgan fingerprint density at radius 2 is 1.26 bits per heavy atom. The van der Waals surface area contributed by atoms with Crippen LogP contribution in [0.15, 0.2) is 66.7 Å². The molecule has 0 spiro atoms. The SMILES string of the molecule is CCCCCC(=O)OCc1c(NC(=O)OCC2c3ccccc3-c3ccccc32)cccc1NC(=O)[C@H](CCCCNC(=O)OC(C)(C)C)NC(=O)OC(C)(C)C. The Hall–Kier alpha value is -5.59. The standard InChI is InChI=1S/C44H58N4O9/c1-8-9-10-25-38(49)54-28-34-35(46-39(50)37(48-42(53)57-44(5,6)7)22-15-16-26-45-40(51)56-43(2,3)4)23-17-24-36(34)47-41(52)55-27-33-31-20-13-11-18-29(31)30-19-12-14-21-32(30)33/h11-14,17-21,23-24,33,37H,8-10,15-16,22,25-28H2,1-7H3,(H,45,51)(H,46,50)(H,47,52)(H,48,53)/t37-/m0/s1. The second-order valence-corrected chi connectivity index (χ2v) is 16.0. The topological polar surface area (TPSA) is 170 Å². The molecule has 0 saturated carbocycles. The molecule has 0 unspecified atom stereocenters. The number of rotatable bonds is 17. The molecule has 1 aliphatic carbocycles. The van der Waals surface area contributed by atoms with Crippen LogP contribution in [0.1, 0.15) is 116 Å². The van der Waals surface area contributed by atoms with Crippen molar-refractivity contribution >= 4 is 41.5 Å². The first-order chi connectivity index (χ1) is 27.0. The van der Waals surface area contributed by atoms with Crippen LogP contribution in [-0.2, 0) is 35.1 Å². The summed E-state index contributed by atoms with van der Waals surface area (Å²) in [5.41, 5.74) is 3.77. The van der Waals surface area contributed by atoms with Crippen LogP contribution in [0.25, 0.3) is 11.1 Å². The molecule has 3 aromatic carbocycles. The zero-order valence-electron chi connectivity index (χ0n) is 34.3. The monoisotopic (exact) mass is 786 g/mol. The van der Waals surface area contributed by atoms with E-state index < -0.39 is 47.4 Å². The second kappa shape index (κ2) is 20.5. The fourth-order valence-electron chi connectivity index (χ4n) is 6.38. The summed E-state index contributed by atoms with van der Waals surface area (Å²) < 4.78 is 22.2. The van der Waals surface area contributed by atoms with E-state index >= 15 is 0 Å². The largest absolute Gasteiger partial charge is 0.461 e. The molecular weight excluding hydrogens is 729 g/mol. The molecule has 13 nitrogen and oxygen atoms in total. The van der Waals surface area contributed by atoms with Crippen LogP contribution in [0.3, 0.4) is 0 Å². The average Bonchev–Trinajstić information content (AvgIpc) is 3.45. The number of carbonyl (C=O) groups excluding carboxylic acids is 5. The van der Waals surface area contributed by atoms with Gasteiger partial charge in [0.15, 0.2) is 0 Å². The van der Waals surface area contributed by atoms with Crippen molar-refractivity contribution in [3.8, 4) is 11.1 Å². The number of ether oxygens (including phenoxy) is 4. The summed E-state index contributed by atoms with van der Waals surface area (Å²) in [7, 11) is 0. The minimum Gasteiger partial charge on any atom is -0.461 e. The zero-order valence-corrected chi connectivity index (χ0v) is 34.3. The fraction of sp³-hybridized carbons (Fsp3) is 0.477. The van der Waals surface area contributed by atoms with Gasteiger partial charge in [-0.05, 0) is 102 Å². The van der Waals surface area contributed by atoms with Crippen molar-refractivity contribution in [1.82, 2.24) is 10.6 Å². The summed E-state index contributed by atoms with van der Waals surface area (Å²) in [5.74, 6) is -1.13. The highest BCUT2D eigenvalue weighted by Gasteiger charge is 2.30. The van der Waals surface area contributed by atoms with Crippen LogP contribution in [0, 0.1) is 0 Å². The number of amides is 4. The number of esters is 1. The molecule has 3 aromatic rings. The van der Waals surface area contributed by atoms with E-state index in [1.54, 1.807) is 59.7 Å². The quantitative estimate of drug-likeness (QED) is 0.0592. The molecule has 0 fully saturated rings. The lowest BCUT2D eigenvalue weighted by molar-refractivity contribution is -0.145. The van der Waals surface area contributed by atoms with E-state index in [4.69, 9.17) is 18.9 Å². The first kappa shape index (κ1) is 44.1. The van der Waals surface area contributed by atoms with Gasteiger partial charge in [0.1, 0.15) is 30.5 Å². The van der Waals surface area contributed by atoms with E-state index in [1.165, 1.54) is 0 Å². The number of alkyl carbamates (subject to hydrolysis) is 2. The third kappa shape index (κ3) is 14.1. The van der Waals surface area contributed by atoms with Crippen LogP contribution < -0.4 is 21.3 Å². The Morgan fingerprint density at radius 1 is 0.667 bits per heavy atom. The summed E-state index contributed by atoms with van der Waals surface area (Å²) in [6, 6.07) is 19.9. The number of hydrogen-bond acceptors (Lipinski definition) is 9. The maximum atomic E-state index is 13.9. The second-order valence-electron chi connectivity index (χ2n) is 16.0. The molecule has 0 aliphatic heterocycles. The Labute approximate surface area is 335 Å². The highest BCUT2D eigenvalue weighted by atomic mass is 16.6. The van der Waals surface area contributed by atoms with Crippen molar-refractivity contribution in [2.75, 3.05) is 23.8 Å². The predicted octanol–water partition coefficient (Wildman–Crippen LogP) is 9.20. The van der Waals surface area contributed by atoms with Gasteiger partial charge < -0.3 is 34.9 Å². The van der Waals surface area contributed by atoms with Gasteiger partial charge in [-0.25, -0.2) is 14.4 Å². The molecular formula is C44H58N4O9. The molecule has 0 radical (unpaired) electrons. The minimum absolute atomic E-state index is 0.0867. The van der Waals surface area contributed by atoms with E-state index in [9.17, 15) is 24.0 Å². The lowest BCUT2D eigenvalue weighted by atomic mass is 9.98. The summed E-state index contributed by atoms with van der Waals surface area (Å²) in [4.78, 5) is 64.9. The van der Waals surface area contributed by atoms with E-state index in [2.05, 4.69) is 33.4 Å². The Kier molecular flexibility index (Phi) is 15.9. The predicted molar refractivity (Wildman–Crippen MR) is 219 cm³/mol. The minimum atomic E-state index is -1.04. The molecule has 57 heavy (non-hydrogen) atoms. The molecule has 4 rings (SSSR count). The number of fused-ring (bicyclic) bond motifs is 3. The van der Waals surface area contributed by atoms with Gasteiger partial charge in [0.05, 0.1) is 5.69 Å². The molecule has 4 amide bonds. The van der Waals surface area contributed by atoms with Crippen molar-refractivity contribution < 1.29 is 42.9 Å². The van der Waals surface area contributed by atoms with E-state index in [0.717, 1.165) is 35.1 Å². The van der Waals surface area contributed by atoms with Gasteiger partial charge in [-0.15, -0.1) is 0 Å². The number of benzene rings is 3. The highest BCUT2D eigenvalue weighted by Crippen LogP contribution is 2.44. The average molecular weight is 787 g/mol. The Bertz CT molecular complexity index is 1820. The van der Waals surface area contributed by atoms with Crippen molar-refractivity contribution in [3.63, 3.8) is 0 Å². The van der Waals surface area contributed by atoms with Crippen LogP contribution in [-0.4, -0.2) is 60.6 Å². The number of carbonyl (C=O) groups is 5. The Balaban J connectivity index is 1.50. The van der Waals surface area contributed by atoms with Gasteiger partial charge in [-0.3, -0.25) is 14.9 Å². The molecule has 0 aromatic heterocycles. The number of anilines is 2. The summed E-state index contributed by atoms with van der Waals surface area (Å²) >= 11 is 0. The van der Waals surface area contributed by atoms with E-state index in [1.807, 2.05) is 43.3 Å². The van der Waals surface area contributed by atoms with Crippen molar-refractivity contribution in [1.29, 1.82) is 0 Å². The Morgan fingerprint density at radius 3 is 1.88 bits per heavy atom. The molecule has 4 N–H and O–H groups in total. The van der Waals surface area contributed by atoms with Crippen molar-refractivity contribution in [2.24, 2.45) is 0 Å². The summed E-state index contributed by atoms with van der Waals surface area (Å²) in [6.07, 6.45) is 1.82. The zero-order chi connectivity index (χ0) is 41.6. The molecule has 1 aliphatic rings. The van der Waals surface area contributed by atoms with Gasteiger partial charge in [-0.2, -0.15) is 0 Å². The molecule has 0 bridgehead atoms. The number of hydrogen-bond donors (Lipinski definition) is 4. The van der Waals surface area contributed by atoms with Crippen LogP contribution >= 0.6 is 0 Å². The molecule has 0 saturated heterocycles. The maximum absolute atomic E-state index is 13.9. The van der Waals surface area contributed by atoms with Gasteiger partial charge in [0.25, 0.3) is 0 Å². The first-order valence-electron chi connectivity index (χ1n) is 19.7. The summed E-state index contributed by atoms with van der Waals surface area (Å²) in [5, 5.41) is 11.0. The lowest BCUT2D eigenvalue weighted by Crippen LogP contribution is -2.46. The van der Waals surface area contributed by atoms with Crippen LogP contribution in [0.2, 0.25) is 0 Å². The highest BCUT2D eigenvalue weighted by molar-refractivity contribution is 5.98. The molecule has 1 atom stereocenters. The van der Waals surface area contributed by atoms with Gasteiger partial charge in [-0.1, -0.05) is 74.4 Å². The van der Waals surface area contributed by atoms with Crippen LogP contribution in [0.5, 0.6) is 0 Å².